The van der Waals surface area contributed by atoms with Crippen molar-refractivity contribution in [1.82, 2.24) is 5.32 Å². The molecule has 3 rings (SSSR count). The summed E-state index contributed by atoms with van der Waals surface area (Å²) in [6, 6.07) is 18.3. The predicted molar refractivity (Wildman–Crippen MR) is 107 cm³/mol. The molecule has 0 bridgehead atoms. The van der Waals surface area contributed by atoms with E-state index in [2.05, 4.69) is 29.7 Å². The first-order valence-corrected chi connectivity index (χ1v) is 9.11. The summed E-state index contributed by atoms with van der Waals surface area (Å²) in [5.41, 5.74) is 3.08. The van der Waals surface area contributed by atoms with Gasteiger partial charge in [0.05, 0.1) is 6.04 Å². The highest BCUT2D eigenvalue weighted by Crippen LogP contribution is 2.23. The molecule has 0 aliphatic carbocycles. The summed E-state index contributed by atoms with van der Waals surface area (Å²) < 4.78 is 0. The Kier molecular flexibility index (Phi) is 5.66. The third-order valence-electron chi connectivity index (χ3n) is 4.43. The highest BCUT2D eigenvalue weighted by molar-refractivity contribution is 7.80. The first kappa shape index (κ1) is 17.4. The fourth-order valence-electron chi connectivity index (χ4n) is 3.08. The zero-order valence-electron chi connectivity index (χ0n) is 14.4. The average Bonchev–Trinajstić information content (AvgIpc) is 3.07. The molecule has 2 aromatic carbocycles. The monoisotopic (exact) mass is 353 g/mol. The van der Waals surface area contributed by atoms with Gasteiger partial charge in [-0.2, -0.15) is 0 Å². The average molecular weight is 353 g/mol. The second-order valence-electron chi connectivity index (χ2n) is 6.17. The largest absolute Gasteiger partial charge is 0.356 e. The molecule has 0 radical (unpaired) electrons. The minimum absolute atomic E-state index is 0.183. The smallest absolute Gasteiger partial charge is 0.227 e. The SMILES string of the molecule is CC[C@@H](NC(=S)Nc1ccc(N2CCCC2=O)cc1)c1ccccc1. The molecule has 5 heteroatoms. The Morgan fingerprint density at radius 1 is 1.16 bits per heavy atom. The Morgan fingerprint density at radius 2 is 1.88 bits per heavy atom. The number of amides is 1. The van der Waals surface area contributed by atoms with Crippen LogP contribution in [0.15, 0.2) is 54.6 Å². The van der Waals surface area contributed by atoms with Gasteiger partial charge in [0.15, 0.2) is 5.11 Å². The molecule has 2 aromatic rings. The Balaban J connectivity index is 1.60. The quantitative estimate of drug-likeness (QED) is 0.789. The Bertz CT molecular complexity index is 730. The van der Waals surface area contributed by atoms with Gasteiger partial charge in [0, 0.05) is 24.3 Å². The molecule has 25 heavy (non-hydrogen) atoms. The standard InChI is InChI=1S/C20H23N3OS/c1-2-18(15-7-4-3-5-8-15)22-20(25)21-16-10-12-17(13-11-16)23-14-6-9-19(23)24/h3-5,7-8,10-13,18H,2,6,9,14H2,1H3,(H2,21,22,25)/t18-/m1/s1. The summed E-state index contributed by atoms with van der Waals surface area (Å²) in [4.78, 5) is 13.6. The van der Waals surface area contributed by atoms with E-state index in [-0.39, 0.29) is 11.9 Å². The van der Waals surface area contributed by atoms with Crippen LogP contribution in [-0.2, 0) is 4.79 Å². The number of thiocarbonyl (C=S) groups is 1. The predicted octanol–water partition coefficient (Wildman–Crippen LogP) is 4.25. The molecular formula is C20H23N3OS. The van der Waals surface area contributed by atoms with Crippen molar-refractivity contribution in [2.75, 3.05) is 16.8 Å². The van der Waals surface area contributed by atoms with Crippen molar-refractivity contribution >= 4 is 34.6 Å². The van der Waals surface area contributed by atoms with E-state index in [0.717, 1.165) is 30.8 Å². The van der Waals surface area contributed by atoms with Gasteiger partial charge in [0.2, 0.25) is 5.91 Å². The maximum atomic E-state index is 11.8. The number of nitrogens with zero attached hydrogens (tertiary/aromatic N) is 1. The molecule has 4 nitrogen and oxygen atoms in total. The zero-order chi connectivity index (χ0) is 17.6. The van der Waals surface area contributed by atoms with Crippen LogP contribution in [0.5, 0.6) is 0 Å². The van der Waals surface area contributed by atoms with Crippen molar-refractivity contribution in [2.45, 2.75) is 32.2 Å². The van der Waals surface area contributed by atoms with Crippen LogP contribution < -0.4 is 15.5 Å². The zero-order valence-corrected chi connectivity index (χ0v) is 15.2. The van der Waals surface area contributed by atoms with Crippen LogP contribution in [-0.4, -0.2) is 17.6 Å². The summed E-state index contributed by atoms with van der Waals surface area (Å²) in [5, 5.41) is 7.18. The van der Waals surface area contributed by atoms with Crippen LogP contribution in [0.4, 0.5) is 11.4 Å². The molecule has 0 saturated carbocycles. The van der Waals surface area contributed by atoms with E-state index in [1.165, 1.54) is 5.56 Å². The van der Waals surface area contributed by atoms with Crippen LogP contribution >= 0.6 is 12.2 Å². The maximum Gasteiger partial charge on any atom is 0.227 e. The molecule has 1 fully saturated rings. The van der Waals surface area contributed by atoms with Crippen LogP contribution in [0.2, 0.25) is 0 Å². The summed E-state index contributed by atoms with van der Waals surface area (Å²) in [7, 11) is 0. The van der Waals surface area contributed by atoms with E-state index in [1.54, 1.807) is 0 Å². The van der Waals surface area contributed by atoms with Gasteiger partial charge in [-0.25, -0.2) is 0 Å². The summed E-state index contributed by atoms with van der Waals surface area (Å²) in [6.07, 6.45) is 2.53. The number of anilines is 2. The van der Waals surface area contributed by atoms with Crippen LogP contribution in [0, 0.1) is 0 Å². The second kappa shape index (κ2) is 8.12. The molecule has 1 atom stereocenters. The topological polar surface area (TPSA) is 44.4 Å². The van der Waals surface area contributed by atoms with Crippen LogP contribution in [0.3, 0.4) is 0 Å². The highest BCUT2D eigenvalue weighted by atomic mass is 32.1. The minimum atomic E-state index is 0.183. The van der Waals surface area contributed by atoms with Crippen molar-refractivity contribution in [2.24, 2.45) is 0 Å². The molecule has 1 amide bonds. The van der Waals surface area contributed by atoms with Gasteiger partial charge in [0.1, 0.15) is 0 Å². The Labute approximate surface area is 154 Å². The molecule has 130 valence electrons. The van der Waals surface area contributed by atoms with Gasteiger partial charge >= 0.3 is 0 Å². The summed E-state index contributed by atoms with van der Waals surface area (Å²) in [5.74, 6) is 0.201. The number of rotatable bonds is 5. The number of benzene rings is 2. The van der Waals surface area contributed by atoms with E-state index in [4.69, 9.17) is 12.2 Å². The first-order valence-electron chi connectivity index (χ1n) is 8.70. The minimum Gasteiger partial charge on any atom is -0.356 e. The third kappa shape index (κ3) is 4.37. The van der Waals surface area contributed by atoms with Crippen molar-refractivity contribution in [1.29, 1.82) is 0 Å². The number of carbonyl (C=O) groups excluding carboxylic acids is 1. The molecule has 1 heterocycles. The molecule has 1 saturated heterocycles. The van der Waals surface area contributed by atoms with E-state index >= 15 is 0 Å². The summed E-state index contributed by atoms with van der Waals surface area (Å²) in [6.45, 7) is 2.94. The van der Waals surface area contributed by atoms with Crippen molar-refractivity contribution in [3.8, 4) is 0 Å². The molecule has 0 aromatic heterocycles. The van der Waals surface area contributed by atoms with Crippen LogP contribution in [0.1, 0.15) is 37.8 Å². The van der Waals surface area contributed by atoms with Gasteiger partial charge in [-0.05, 0) is 54.9 Å². The number of hydrogen-bond donors (Lipinski definition) is 2. The fraction of sp³-hybridized carbons (Fsp3) is 0.300. The molecule has 2 N–H and O–H groups in total. The maximum absolute atomic E-state index is 11.8. The number of nitrogens with one attached hydrogen (secondary N) is 2. The van der Waals surface area contributed by atoms with Gasteiger partial charge in [-0.1, -0.05) is 37.3 Å². The number of carbonyl (C=O) groups is 1. The Morgan fingerprint density at radius 3 is 2.48 bits per heavy atom. The van der Waals surface area contributed by atoms with Crippen LogP contribution in [0.25, 0.3) is 0 Å². The van der Waals surface area contributed by atoms with Gasteiger partial charge in [0.25, 0.3) is 0 Å². The van der Waals surface area contributed by atoms with Gasteiger partial charge in [-0.15, -0.1) is 0 Å². The lowest BCUT2D eigenvalue weighted by Gasteiger charge is -2.20. The van der Waals surface area contributed by atoms with Crippen molar-refractivity contribution in [3.05, 3.63) is 60.2 Å². The van der Waals surface area contributed by atoms with E-state index in [0.29, 0.717) is 11.5 Å². The van der Waals surface area contributed by atoms with E-state index < -0.39 is 0 Å². The Hall–Kier alpha value is -2.40. The molecule has 0 unspecified atom stereocenters. The fourth-order valence-corrected chi connectivity index (χ4v) is 3.34. The van der Waals surface area contributed by atoms with Crippen molar-refractivity contribution in [3.63, 3.8) is 0 Å². The molecule has 1 aliphatic heterocycles. The lowest BCUT2D eigenvalue weighted by molar-refractivity contribution is -0.117. The summed E-state index contributed by atoms with van der Waals surface area (Å²) >= 11 is 5.45. The first-order chi connectivity index (χ1) is 12.2. The molecule has 0 spiro atoms. The van der Waals surface area contributed by atoms with Gasteiger partial charge in [-0.3, -0.25) is 4.79 Å². The molecule has 1 aliphatic rings. The lowest BCUT2D eigenvalue weighted by Crippen LogP contribution is -2.32. The lowest BCUT2D eigenvalue weighted by atomic mass is 10.1. The molecular weight excluding hydrogens is 330 g/mol. The normalized spacial score (nSPS) is 15.1. The highest BCUT2D eigenvalue weighted by Gasteiger charge is 2.21. The second-order valence-corrected chi connectivity index (χ2v) is 6.57. The third-order valence-corrected chi connectivity index (χ3v) is 4.65. The van der Waals surface area contributed by atoms with Crippen molar-refractivity contribution < 1.29 is 4.79 Å². The van der Waals surface area contributed by atoms with E-state index in [1.807, 2.05) is 47.4 Å². The number of hydrogen-bond acceptors (Lipinski definition) is 2. The van der Waals surface area contributed by atoms with E-state index in [9.17, 15) is 4.79 Å². The van der Waals surface area contributed by atoms with Gasteiger partial charge < -0.3 is 15.5 Å².